The third kappa shape index (κ3) is 3.70. The summed E-state index contributed by atoms with van der Waals surface area (Å²) in [5, 5.41) is 4.54. The highest BCUT2D eigenvalue weighted by Gasteiger charge is 2.10. The first-order valence-electron chi connectivity index (χ1n) is 8.46. The number of hydrogen-bond acceptors (Lipinski definition) is 1. The van der Waals surface area contributed by atoms with Crippen molar-refractivity contribution in [3.05, 3.63) is 72.6 Å². The van der Waals surface area contributed by atoms with Gasteiger partial charge in [0.15, 0.2) is 0 Å². The molecule has 3 aromatic rings. The highest BCUT2D eigenvalue weighted by atomic mass is 15.3. The smallest absolute Gasteiger partial charge is 0.0645 e. The first-order chi connectivity index (χ1) is 11.3. The molecule has 0 saturated heterocycles. The third-order valence-electron chi connectivity index (χ3n) is 4.28. The minimum Gasteiger partial charge on any atom is -0.240 e. The van der Waals surface area contributed by atoms with Crippen LogP contribution in [0.25, 0.3) is 16.8 Å². The molecule has 0 radical (unpaired) electrons. The SMILES string of the molecule is CCCC(C)Cc1ccccc1-c1cnn(-c2ccccc2)c1. The van der Waals surface area contributed by atoms with Crippen LogP contribution in [0.3, 0.4) is 0 Å². The van der Waals surface area contributed by atoms with Gasteiger partial charge in [-0.1, -0.05) is 69.2 Å². The molecule has 0 spiro atoms. The molecule has 0 fully saturated rings. The van der Waals surface area contributed by atoms with Crippen molar-refractivity contribution in [1.82, 2.24) is 9.78 Å². The fraction of sp³-hybridized carbons (Fsp3) is 0.286. The number of hydrogen-bond donors (Lipinski definition) is 0. The Morgan fingerprint density at radius 1 is 1.00 bits per heavy atom. The maximum absolute atomic E-state index is 4.54. The number of rotatable bonds is 6. The first-order valence-corrected chi connectivity index (χ1v) is 8.46. The van der Waals surface area contributed by atoms with Crippen LogP contribution in [-0.2, 0) is 6.42 Å². The summed E-state index contributed by atoms with van der Waals surface area (Å²) in [6, 6.07) is 19.0. The van der Waals surface area contributed by atoms with Crippen molar-refractivity contribution in [1.29, 1.82) is 0 Å². The average Bonchev–Trinajstić information content (AvgIpc) is 3.06. The van der Waals surface area contributed by atoms with E-state index in [4.69, 9.17) is 0 Å². The molecule has 0 bridgehead atoms. The van der Waals surface area contributed by atoms with E-state index >= 15 is 0 Å². The van der Waals surface area contributed by atoms with Gasteiger partial charge in [0, 0.05) is 11.8 Å². The first kappa shape index (κ1) is 15.5. The molecule has 0 saturated carbocycles. The summed E-state index contributed by atoms with van der Waals surface area (Å²) < 4.78 is 1.95. The van der Waals surface area contributed by atoms with E-state index in [0.29, 0.717) is 5.92 Å². The molecule has 3 rings (SSSR count). The topological polar surface area (TPSA) is 17.8 Å². The lowest BCUT2D eigenvalue weighted by atomic mass is 9.92. The lowest BCUT2D eigenvalue weighted by molar-refractivity contribution is 0.523. The third-order valence-corrected chi connectivity index (χ3v) is 4.28. The number of benzene rings is 2. The lowest BCUT2D eigenvalue weighted by Gasteiger charge is -2.13. The van der Waals surface area contributed by atoms with E-state index in [-0.39, 0.29) is 0 Å². The van der Waals surface area contributed by atoms with Crippen LogP contribution in [0, 0.1) is 5.92 Å². The summed E-state index contributed by atoms with van der Waals surface area (Å²) in [4.78, 5) is 0. The number of aromatic nitrogens is 2. The average molecular weight is 304 g/mol. The van der Waals surface area contributed by atoms with Gasteiger partial charge in [0.2, 0.25) is 0 Å². The van der Waals surface area contributed by atoms with Gasteiger partial charge in [-0.3, -0.25) is 0 Å². The Kier molecular flexibility index (Phi) is 4.92. The van der Waals surface area contributed by atoms with E-state index in [1.165, 1.54) is 29.5 Å². The van der Waals surface area contributed by atoms with Crippen LogP contribution in [0.15, 0.2) is 67.0 Å². The van der Waals surface area contributed by atoms with Gasteiger partial charge in [-0.05, 0) is 35.6 Å². The van der Waals surface area contributed by atoms with Crippen molar-refractivity contribution in [3.63, 3.8) is 0 Å². The predicted molar refractivity (Wildman–Crippen MR) is 96.8 cm³/mol. The van der Waals surface area contributed by atoms with Gasteiger partial charge >= 0.3 is 0 Å². The molecule has 1 heterocycles. The van der Waals surface area contributed by atoms with Gasteiger partial charge < -0.3 is 0 Å². The fourth-order valence-electron chi connectivity index (χ4n) is 3.13. The zero-order valence-corrected chi connectivity index (χ0v) is 13.9. The van der Waals surface area contributed by atoms with E-state index in [0.717, 1.165) is 12.1 Å². The van der Waals surface area contributed by atoms with E-state index in [2.05, 4.69) is 61.5 Å². The van der Waals surface area contributed by atoms with Crippen molar-refractivity contribution in [2.45, 2.75) is 33.1 Å². The van der Waals surface area contributed by atoms with Gasteiger partial charge in [-0.2, -0.15) is 5.10 Å². The minimum absolute atomic E-state index is 0.713. The van der Waals surface area contributed by atoms with Crippen molar-refractivity contribution < 1.29 is 0 Å². The second kappa shape index (κ2) is 7.28. The minimum atomic E-state index is 0.713. The Balaban J connectivity index is 1.89. The Hall–Kier alpha value is -2.35. The van der Waals surface area contributed by atoms with E-state index in [9.17, 15) is 0 Å². The van der Waals surface area contributed by atoms with Crippen LogP contribution in [-0.4, -0.2) is 9.78 Å². The molecule has 0 N–H and O–H groups in total. The van der Waals surface area contributed by atoms with E-state index < -0.39 is 0 Å². The summed E-state index contributed by atoms with van der Waals surface area (Å²) >= 11 is 0. The second-order valence-electron chi connectivity index (χ2n) is 6.26. The van der Waals surface area contributed by atoms with Gasteiger partial charge in [0.25, 0.3) is 0 Å². The van der Waals surface area contributed by atoms with Crippen molar-refractivity contribution in [2.24, 2.45) is 5.92 Å². The van der Waals surface area contributed by atoms with Crippen LogP contribution in [0.5, 0.6) is 0 Å². The monoisotopic (exact) mass is 304 g/mol. The van der Waals surface area contributed by atoms with Crippen LogP contribution in [0.2, 0.25) is 0 Å². The normalized spacial score (nSPS) is 12.3. The van der Waals surface area contributed by atoms with Crippen molar-refractivity contribution in [3.8, 4) is 16.8 Å². The van der Waals surface area contributed by atoms with Crippen LogP contribution in [0.1, 0.15) is 32.3 Å². The molecule has 2 aromatic carbocycles. The van der Waals surface area contributed by atoms with Gasteiger partial charge in [-0.15, -0.1) is 0 Å². The maximum atomic E-state index is 4.54. The molecular formula is C21H24N2. The summed E-state index contributed by atoms with van der Waals surface area (Å²) in [5.74, 6) is 0.713. The quantitative estimate of drug-likeness (QED) is 0.586. The number of nitrogens with zero attached hydrogens (tertiary/aromatic N) is 2. The fourth-order valence-corrected chi connectivity index (χ4v) is 3.13. The Bertz CT molecular complexity index is 743. The molecule has 2 nitrogen and oxygen atoms in total. The van der Waals surface area contributed by atoms with Gasteiger partial charge in [0.05, 0.1) is 11.9 Å². The van der Waals surface area contributed by atoms with Gasteiger partial charge in [0.1, 0.15) is 0 Å². The maximum Gasteiger partial charge on any atom is 0.0645 e. The molecule has 1 atom stereocenters. The molecule has 0 aliphatic rings. The van der Waals surface area contributed by atoms with E-state index in [1.807, 2.05) is 29.1 Å². The molecule has 1 aromatic heterocycles. The molecular weight excluding hydrogens is 280 g/mol. The van der Waals surface area contributed by atoms with E-state index in [1.54, 1.807) is 0 Å². The van der Waals surface area contributed by atoms with Crippen LogP contribution >= 0.6 is 0 Å². The summed E-state index contributed by atoms with van der Waals surface area (Å²) in [7, 11) is 0. The molecule has 118 valence electrons. The van der Waals surface area contributed by atoms with Crippen LogP contribution < -0.4 is 0 Å². The highest BCUT2D eigenvalue weighted by molar-refractivity contribution is 5.66. The Labute approximate surface area is 138 Å². The molecule has 0 aliphatic carbocycles. The lowest BCUT2D eigenvalue weighted by Crippen LogP contribution is -2.00. The summed E-state index contributed by atoms with van der Waals surface area (Å²) in [6.45, 7) is 4.60. The Morgan fingerprint density at radius 2 is 1.74 bits per heavy atom. The second-order valence-corrected chi connectivity index (χ2v) is 6.26. The zero-order valence-electron chi connectivity index (χ0n) is 13.9. The molecule has 0 amide bonds. The summed E-state index contributed by atoms with van der Waals surface area (Å²) in [5.41, 5.74) is 5.00. The van der Waals surface area contributed by atoms with Crippen molar-refractivity contribution in [2.75, 3.05) is 0 Å². The molecule has 0 aliphatic heterocycles. The largest absolute Gasteiger partial charge is 0.240 e. The zero-order chi connectivity index (χ0) is 16.1. The van der Waals surface area contributed by atoms with Crippen LogP contribution in [0.4, 0.5) is 0 Å². The Morgan fingerprint density at radius 3 is 2.52 bits per heavy atom. The predicted octanol–water partition coefficient (Wildman–Crippen LogP) is 5.52. The highest BCUT2D eigenvalue weighted by Crippen LogP contribution is 2.27. The molecule has 2 heteroatoms. The standard InChI is InChI=1S/C21H24N2/c1-3-9-17(2)14-18-10-7-8-13-21(18)19-15-22-23(16-19)20-11-5-4-6-12-20/h4-8,10-13,15-17H,3,9,14H2,1-2H3. The van der Waals surface area contributed by atoms with Crippen molar-refractivity contribution >= 4 is 0 Å². The number of para-hydroxylation sites is 1. The summed E-state index contributed by atoms with van der Waals surface area (Å²) in [6.07, 6.45) is 7.74. The molecule has 1 unspecified atom stereocenters. The van der Waals surface area contributed by atoms with Gasteiger partial charge in [-0.25, -0.2) is 4.68 Å². The molecule has 23 heavy (non-hydrogen) atoms.